The molecule has 1 N–H and O–H groups in total. The Hall–Kier alpha value is -4.11. The van der Waals surface area contributed by atoms with Crippen molar-refractivity contribution in [2.24, 2.45) is 5.92 Å². The van der Waals surface area contributed by atoms with Crippen molar-refractivity contribution >= 4 is 49.0 Å². The molecule has 1 aliphatic carbocycles. The van der Waals surface area contributed by atoms with Crippen molar-refractivity contribution in [3.63, 3.8) is 0 Å². The van der Waals surface area contributed by atoms with Gasteiger partial charge in [0.2, 0.25) is 0 Å². The molecule has 18 heteroatoms. The number of nitrogens with one attached hydrogen (secondary N) is 1. The molecule has 0 radical (unpaired) electrons. The summed E-state index contributed by atoms with van der Waals surface area (Å²) in [6.07, 6.45) is -11.5. The fourth-order valence-corrected chi connectivity index (χ4v) is 6.04. The molecule has 0 atom stereocenters. The van der Waals surface area contributed by atoms with Crippen LogP contribution in [0.25, 0.3) is 0 Å². The van der Waals surface area contributed by atoms with Crippen LogP contribution in [-0.2, 0) is 15.5 Å². The summed E-state index contributed by atoms with van der Waals surface area (Å²) in [7, 11) is -4.76. The molecule has 0 heterocycles. The predicted octanol–water partition coefficient (Wildman–Crippen LogP) is 7.60. The topological polar surface area (TPSA) is 107 Å². The highest BCUT2D eigenvalue weighted by atomic mass is 79.9. The number of halogens is 10. The van der Waals surface area contributed by atoms with E-state index < -0.39 is 88.7 Å². The number of amides is 2. The molecule has 3 aromatic rings. The molecule has 0 bridgehead atoms. The Labute approximate surface area is 269 Å². The lowest BCUT2D eigenvalue weighted by molar-refractivity contribution is -0.348. The lowest BCUT2D eigenvalue weighted by Crippen LogP contribution is -2.50. The number of sulfone groups is 1. The molecule has 4 rings (SSSR count). The fraction of sp³-hybridized carbons (Fsp3) is 0.276. The third-order valence-corrected chi connectivity index (χ3v) is 8.83. The van der Waals surface area contributed by atoms with Gasteiger partial charge in [-0.2, -0.15) is 31.6 Å². The van der Waals surface area contributed by atoms with Gasteiger partial charge in [-0.15, -0.1) is 0 Å². The first-order valence-electron chi connectivity index (χ1n) is 13.1. The molecule has 1 saturated carbocycles. The number of nitriles is 1. The molecule has 1 aliphatic rings. The van der Waals surface area contributed by atoms with Gasteiger partial charge in [-0.1, -0.05) is 0 Å². The van der Waals surface area contributed by atoms with E-state index in [4.69, 9.17) is 5.26 Å². The lowest BCUT2D eigenvalue weighted by atomic mass is 9.94. The second-order valence-corrected chi connectivity index (χ2v) is 13.4. The van der Waals surface area contributed by atoms with E-state index in [9.17, 15) is 53.1 Å². The number of anilines is 2. The Morgan fingerprint density at radius 2 is 1.57 bits per heavy atom. The van der Waals surface area contributed by atoms with Gasteiger partial charge in [-0.05, 0) is 83.2 Å². The van der Waals surface area contributed by atoms with E-state index in [1.165, 1.54) is 0 Å². The van der Waals surface area contributed by atoms with Crippen molar-refractivity contribution in [3.05, 3.63) is 86.9 Å². The van der Waals surface area contributed by atoms with Crippen LogP contribution in [0.2, 0.25) is 0 Å². The number of benzene rings is 3. The number of carbonyl (C=O) groups excluding carboxylic acids is 2. The molecule has 2 amide bonds. The highest BCUT2D eigenvalue weighted by Gasteiger charge is 2.73. The van der Waals surface area contributed by atoms with Gasteiger partial charge in [0.1, 0.15) is 11.6 Å². The zero-order chi connectivity index (χ0) is 35.3. The van der Waals surface area contributed by atoms with Gasteiger partial charge < -0.3 is 10.2 Å². The predicted molar refractivity (Wildman–Crippen MR) is 152 cm³/mol. The van der Waals surface area contributed by atoms with Crippen molar-refractivity contribution in [2.45, 2.75) is 35.8 Å². The van der Waals surface area contributed by atoms with Crippen LogP contribution < -0.4 is 10.2 Å². The van der Waals surface area contributed by atoms with Gasteiger partial charge in [0.15, 0.2) is 9.84 Å². The number of nitrogens with zero attached hydrogens (tertiary/aromatic N) is 2. The summed E-state index contributed by atoms with van der Waals surface area (Å²) in [5.74, 6) is -4.55. The zero-order valence-electron chi connectivity index (χ0n) is 23.5. The molecule has 3 aromatic carbocycles. The third-order valence-electron chi connectivity index (χ3n) is 7.08. The molecular formula is C29H19BrF9N3O4S. The smallest absolute Gasteiger partial charge is 0.320 e. The van der Waals surface area contributed by atoms with Crippen LogP contribution in [0.4, 0.5) is 50.9 Å². The molecule has 0 unspecified atom stereocenters. The average molecular weight is 756 g/mol. The first-order valence-corrected chi connectivity index (χ1v) is 15.8. The SMILES string of the molecule is CS(=O)(=O)c1cc(C(F)(C(F)(F)F)C(F)(F)F)cc(Br)c1NC(=O)c1ccc(F)c(N(CC2CC2)C(=O)c2ccc(C#N)cc2F)c1. The van der Waals surface area contributed by atoms with Crippen molar-refractivity contribution in [1.29, 1.82) is 5.26 Å². The summed E-state index contributed by atoms with van der Waals surface area (Å²) in [4.78, 5) is 26.2. The van der Waals surface area contributed by atoms with E-state index in [1.807, 2.05) is 5.32 Å². The molecule has 7 nitrogen and oxygen atoms in total. The standard InChI is InChI=1S/C29H19BrF9N3O4S/c1-47(45,46)23-11-17(27(33,28(34,35)36)29(37,38)39)10-19(30)24(23)41-25(43)16-5-7-20(31)22(9-16)42(13-14-2-3-14)26(44)18-6-4-15(12-40)8-21(18)32/h4-11,14H,2-3,13H2,1H3,(H,41,43). The van der Waals surface area contributed by atoms with Gasteiger partial charge in [0.05, 0.1) is 33.5 Å². The molecule has 0 aliphatic heterocycles. The number of hydrogen-bond acceptors (Lipinski definition) is 5. The number of alkyl halides is 7. The fourth-order valence-electron chi connectivity index (χ4n) is 4.48. The summed E-state index contributed by atoms with van der Waals surface area (Å²) in [5, 5.41) is 11.0. The van der Waals surface area contributed by atoms with Crippen LogP contribution in [0.3, 0.4) is 0 Å². The maximum Gasteiger partial charge on any atom is 0.435 e. The summed E-state index contributed by atoms with van der Waals surface area (Å²) in [6.45, 7) is -0.116. The van der Waals surface area contributed by atoms with Crippen LogP contribution in [0.5, 0.6) is 0 Å². The van der Waals surface area contributed by atoms with E-state index >= 15 is 4.39 Å². The normalized spacial score (nSPS) is 14.0. The highest BCUT2D eigenvalue weighted by molar-refractivity contribution is 9.10. The first-order chi connectivity index (χ1) is 21.6. The number of carbonyl (C=O) groups is 2. The van der Waals surface area contributed by atoms with Crippen LogP contribution in [0.15, 0.2) is 57.9 Å². The first kappa shape index (κ1) is 35.7. The third kappa shape index (κ3) is 7.10. The summed E-state index contributed by atoms with van der Waals surface area (Å²) in [5.41, 5.74) is -10.6. The van der Waals surface area contributed by atoms with Crippen molar-refractivity contribution in [3.8, 4) is 6.07 Å². The minimum Gasteiger partial charge on any atom is -0.320 e. The van der Waals surface area contributed by atoms with E-state index in [0.29, 0.717) is 19.1 Å². The Morgan fingerprint density at radius 3 is 2.09 bits per heavy atom. The van der Waals surface area contributed by atoms with Crippen LogP contribution in [0.1, 0.15) is 44.7 Å². The maximum absolute atomic E-state index is 15.1. The molecule has 250 valence electrons. The largest absolute Gasteiger partial charge is 0.435 e. The quantitative estimate of drug-likeness (QED) is 0.239. The van der Waals surface area contributed by atoms with Gasteiger partial charge in [0, 0.05) is 28.4 Å². The molecule has 47 heavy (non-hydrogen) atoms. The minimum atomic E-state index is -6.57. The monoisotopic (exact) mass is 755 g/mol. The van der Waals surface area contributed by atoms with E-state index in [1.54, 1.807) is 6.07 Å². The second-order valence-electron chi connectivity index (χ2n) is 10.5. The van der Waals surface area contributed by atoms with Crippen LogP contribution in [0, 0.1) is 28.9 Å². The van der Waals surface area contributed by atoms with Gasteiger partial charge in [0.25, 0.3) is 11.8 Å². The van der Waals surface area contributed by atoms with Crippen molar-refractivity contribution in [1.82, 2.24) is 0 Å². The van der Waals surface area contributed by atoms with Gasteiger partial charge >= 0.3 is 18.0 Å². The Morgan fingerprint density at radius 1 is 0.957 bits per heavy atom. The average Bonchev–Trinajstić information content (AvgIpc) is 3.78. The second kappa shape index (κ2) is 12.5. The molecule has 1 fully saturated rings. The molecule has 0 spiro atoms. The van der Waals surface area contributed by atoms with Crippen LogP contribution >= 0.6 is 15.9 Å². The Balaban J connectivity index is 1.78. The highest BCUT2D eigenvalue weighted by Crippen LogP contribution is 2.54. The van der Waals surface area contributed by atoms with E-state index in [-0.39, 0.29) is 30.2 Å². The minimum absolute atomic E-state index is 0.00351. The van der Waals surface area contributed by atoms with E-state index in [0.717, 1.165) is 41.3 Å². The molecular weight excluding hydrogens is 737 g/mol. The number of rotatable bonds is 8. The molecule has 0 saturated heterocycles. The summed E-state index contributed by atoms with van der Waals surface area (Å²) in [6, 6.07) is 6.91. The van der Waals surface area contributed by atoms with Crippen molar-refractivity contribution in [2.75, 3.05) is 23.0 Å². The zero-order valence-corrected chi connectivity index (χ0v) is 25.9. The summed E-state index contributed by atoms with van der Waals surface area (Å²) < 4.78 is 149. The van der Waals surface area contributed by atoms with E-state index in [2.05, 4.69) is 15.9 Å². The number of hydrogen-bond donors (Lipinski definition) is 1. The van der Waals surface area contributed by atoms with Crippen molar-refractivity contribution < 1.29 is 57.5 Å². The lowest BCUT2D eigenvalue weighted by Gasteiger charge is -2.31. The Bertz CT molecular complexity index is 1910. The molecule has 0 aromatic heterocycles. The summed E-state index contributed by atoms with van der Waals surface area (Å²) >= 11 is 2.61. The van der Waals surface area contributed by atoms with Gasteiger partial charge in [-0.25, -0.2) is 21.6 Å². The maximum atomic E-state index is 15.1. The van der Waals surface area contributed by atoms with Crippen LogP contribution in [-0.4, -0.2) is 45.4 Å². The Kier molecular flexibility index (Phi) is 9.50. The van der Waals surface area contributed by atoms with Gasteiger partial charge in [-0.3, -0.25) is 9.59 Å².